The van der Waals surface area contributed by atoms with Gasteiger partial charge in [-0.3, -0.25) is 24.3 Å². The van der Waals surface area contributed by atoms with E-state index in [1.54, 1.807) is 24.3 Å². The molecule has 0 unspecified atom stereocenters. The summed E-state index contributed by atoms with van der Waals surface area (Å²) < 4.78 is 6.35. The number of allylic oxidation sites excluding steroid dienone is 6. The Morgan fingerprint density at radius 1 is 0.711 bits per heavy atom. The lowest BCUT2D eigenvalue weighted by molar-refractivity contribution is 0.0903. The van der Waals surface area contributed by atoms with Crippen molar-refractivity contribution in [1.29, 1.82) is 0 Å². The summed E-state index contributed by atoms with van der Waals surface area (Å²) in [5.41, 5.74) is 3.11. The topological polar surface area (TPSA) is 104 Å². The second-order valence-corrected chi connectivity index (χ2v) is 10.8. The molecule has 45 heavy (non-hydrogen) atoms. The summed E-state index contributed by atoms with van der Waals surface area (Å²) in [4.78, 5) is 56.3. The van der Waals surface area contributed by atoms with E-state index >= 15 is 0 Å². The van der Waals surface area contributed by atoms with E-state index in [-0.39, 0.29) is 39.4 Å². The first-order valence-electron chi connectivity index (χ1n) is 14.3. The number of imide groups is 2. The van der Waals surface area contributed by atoms with Gasteiger partial charge in [-0.15, -0.1) is 0 Å². The highest BCUT2D eigenvalue weighted by Gasteiger charge is 2.44. The van der Waals surface area contributed by atoms with E-state index in [1.807, 2.05) is 36.4 Å². The molecular weight excluding hydrogens is 568 g/mol. The molecule has 8 heteroatoms. The molecule has 4 aromatic carbocycles. The Bertz CT molecular complexity index is 2050. The normalized spacial score (nSPS) is 16.4. The molecule has 2 aliphatic heterocycles. The van der Waals surface area contributed by atoms with Crippen LogP contribution in [0.2, 0.25) is 0 Å². The summed E-state index contributed by atoms with van der Waals surface area (Å²) in [6.45, 7) is 2.05. The van der Waals surface area contributed by atoms with Crippen LogP contribution in [0.4, 0.5) is 11.4 Å². The van der Waals surface area contributed by atoms with Crippen LogP contribution in [0.3, 0.4) is 0 Å². The van der Waals surface area contributed by atoms with E-state index in [0.717, 1.165) is 32.9 Å². The zero-order valence-electron chi connectivity index (χ0n) is 24.1. The van der Waals surface area contributed by atoms with Crippen LogP contribution < -0.4 is 14.5 Å². The van der Waals surface area contributed by atoms with Gasteiger partial charge in [0.1, 0.15) is 17.1 Å². The molecule has 0 saturated carbocycles. The summed E-state index contributed by atoms with van der Waals surface area (Å²) in [6.07, 6.45) is 10.6. The molecule has 0 spiro atoms. The molecule has 3 aliphatic rings. The molecule has 0 N–H and O–H groups in total. The van der Waals surface area contributed by atoms with Crippen molar-refractivity contribution in [2.45, 2.75) is 19.8 Å². The minimum absolute atomic E-state index is 0.0114. The first-order valence-corrected chi connectivity index (χ1v) is 14.3. The van der Waals surface area contributed by atoms with Crippen molar-refractivity contribution < 1.29 is 29.0 Å². The molecular formula is C37H24N2O6. The van der Waals surface area contributed by atoms with Gasteiger partial charge in [0, 0.05) is 0 Å². The predicted molar refractivity (Wildman–Crippen MR) is 166 cm³/mol. The van der Waals surface area contributed by atoms with Gasteiger partial charge in [-0.1, -0.05) is 66.3 Å². The van der Waals surface area contributed by atoms with Crippen molar-refractivity contribution in [2.24, 2.45) is 0 Å². The summed E-state index contributed by atoms with van der Waals surface area (Å²) >= 11 is 0. The van der Waals surface area contributed by atoms with Crippen LogP contribution in [0.5, 0.6) is 17.2 Å². The predicted octanol–water partition coefficient (Wildman–Crippen LogP) is 7.40. The van der Waals surface area contributed by atoms with E-state index < -0.39 is 29.4 Å². The zero-order chi connectivity index (χ0) is 31.2. The highest BCUT2D eigenvalue weighted by Crippen LogP contribution is 2.43. The molecule has 218 valence electrons. The lowest BCUT2D eigenvalue weighted by Crippen LogP contribution is -2.35. The minimum atomic E-state index is -0.812. The molecule has 0 fully saturated rings. The number of amides is 4. The van der Waals surface area contributed by atoms with E-state index in [4.69, 9.17) is 4.74 Å². The highest BCUT2D eigenvalue weighted by molar-refractivity contribution is 6.39. The highest BCUT2D eigenvalue weighted by atomic mass is 16.5. The van der Waals surface area contributed by atoms with Crippen LogP contribution in [0, 0.1) is 6.08 Å². The monoisotopic (exact) mass is 592 g/mol. The number of benzene rings is 4. The number of para-hydroxylation sites is 3. The van der Waals surface area contributed by atoms with E-state index in [2.05, 4.69) is 19.1 Å². The number of fused-ring (bicyclic) bond motifs is 2. The first kappa shape index (κ1) is 27.8. The third-order valence-electron chi connectivity index (χ3n) is 8.09. The Morgan fingerprint density at radius 2 is 1.31 bits per heavy atom. The van der Waals surface area contributed by atoms with Crippen molar-refractivity contribution in [3.63, 3.8) is 0 Å². The number of nitrogens with zero attached hydrogens (tertiary/aromatic N) is 2. The third-order valence-corrected chi connectivity index (χ3v) is 8.09. The number of anilines is 2. The van der Waals surface area contributed by atoms with E-state index in [0.29, 0.717) is 12.2 Å². The maximum Gasteiger partial charge on any atom is 0.270 e. The largest absolute Gasteiger partial charge is 0.456 e. The Hall–Kier alpha value is -6.02. The number of hydrogen-bond acceptors (Lipinski definition) is 5. The average Bonchev–Trinajstić information content (AvgIpc) is 3.47. The molecule has 2 radical (unpaired) electrons. The molecule has 2 heterocycles. The van der Waals surface area contributed by atoms with E-state index in [1.165, 1.54) is 36.4 Å². The quantitative estimate of drug-likeness (QED) is 0.217. The fraction of sp³-hybridized carbons (Fsp3) is 0.0811. The van der Waals surface area contributed by atoms with Crippen LogP contribution in [0.15, 0.2) is 114 Å². The number of hydrogen-bond donors (Lipinski definition) is 0. The van der Waals surface area contributed by atoms with E-state index in [9.17, 15) is 24.3 Å². The van der Waals surface area contributed by atoms with Crippen molar-refractivity contribution in [3.8, 4) is 17.2 Å². The van der Waals surface area contributed by atoms with Crippen LogP contribution >= 0.6 is 0 Å². The third kappa shape index (κ3) is 4.55. The van der Waals surface area contributed by atoms with Crippen LogP contribution in [0.1, 0.15) is 60.3 Å². The maximum absolute atomic E-state index is 14.1. The van der Waals surface area contributed by atoms with Gasteiger partial charge in [-0.05, 0) is 79.4 Å². The van der Waals surface area contributed by atoms with Gasteiger partial charge in [0.25, 0.3) is 23.6 Å². The summed E-state index contributed by atoms with van der Waals surface area (Å²) in [6, 6.07) is 22.5. The standard InChI is InChI=1S/C37H24N2O6/c1-22(23-11-3-2-4-12-23)21-24-13-5-8-19-30(24)45-31-20-10-15-26-33(31)37(44)39(35(26)42)28-17-7-6-16-27(28)38-34(41)25-14-9-18-29(40)32(25)36(38)43/h2-10,13-20H,11,21H2,1H3. The number of carbonyl (C=O) groups is 4. The van der Waals surface area contributed by atoms with Crippen LogP contribution in [0.25, 0.3) is 0 Å². The summed E-state index contributed by atoms with van der Waals surface area (Å²) in [5.74, 6) is -2.65. The maximum atomic E-state index is 14.1. The van der Waals surface area contributed by atoms with Crippen LogP contribution in [-0.4, -0.2) is 23.6 Å². The summed E-state index contributed by atoms with van der Waals surface area (Å²) in [5, 5.41) is 12.4. The first-order chi connectivity index (χ1) is 21.8. The number of ether oxygens (including phenoxy) is 1. The van der Waals surface area contributed by atoms with Crippen molar-refractivity contribution >= 4 is 35.0 Å². The molecule has 4 aromatic rings. The second-order valence-electron chi connectivity index (χ2n) is 10.8. The van der Waals surface area contributed by atoms with Gasteiger partial charge in [0.05, 0.1) is 28.1 Å². The Labute approximate surface area is 258 Å². The summed E-state index contributed by atoms with van der Waals surface area (Å²) in [7, 11) is 0. The van der Waals surface area contributed by atoms with Gasteiger partial charge in [0.15, 0.2) is 5.75 Å². The minimum Gasteiger partial charge on any atom is -0.456 e. The molecule has 0 bridgehead atoms. The second kappa shape index (κ2) is 10.9. The molecule has 7 rings (SSSR count). The van der Waals surface area contributed by atoms with Crippen molar-refractivity contribution in [2.75, 3.05) is 9.80 Å². The molecule has 4 amide bonds. The Kier molecular flexibility index (Phi) is 6.74. The Morgan fingerprint density at radius 3 is 1.98 bits per heavy atom. The molecule has 8 nitrogen and oxygen atoms in total. The van der Waals surface area contributed by atoms with Gasteiger partial charge in [0.2, 0.25) is 0 Å². The number of carbonyl (C=O) groups excluding carboxylic acids is 4. The van der Waals surface area contributed by atoms with Crippen LogP contribution in [-0.2, 0) is 11.5 Å². The molecule has 0 saturated heterocycles. The van der Waals surface area contributed by atoms with Crippen molar-refractivity contribution in [1.82, 2.24) is 0 Å². The number of rotatable bonds is 6. The molecule has 1 aliphatic carbocycles. The fourth-order valence-corrected chi connectivity index (χ4v) is 5.89. The van der Waals surface area contributed by atoms with Gasteiger partial charge in [-0.2, -0.15) is 0 Å². The molecule has 0 aromatic heterocycles. The SMILES string of the molecule is CC(Cc1ccccc1Oc1cccc2c1C(=O)N(c1ccccc1N1C(=O)c3cccc([O])c3C1=O)C2=O)=C1[C]=CC=CC1. The van der Waals surface area contributed by atoms with Gasteiger partial charge in [-0.25, -0.2) is 9.80 Å². The average molecular weight is 593 g/mol. The molecule has 0 atom stereocenters. The van der Waals surface area contributed by atoms with Crippen molar-refractivity contribution in [3.05, 3.63) is 148 Å². The lowest BCUT2D eigenvalue weighted by atomic mass is 9.96. The Balaban J connectivity index is 1.24. The van der Waals surface area contributed by atoms with Gasteiger partial charge < -0.3 is 4.74 Å². The zero-order valence-corrected chi connectivity index (χ0v) is 24.1. The van der Waals surface area contributed by atoms with Gasteiger partial charge >= 0.3 is 0 Å². The smallest absolute Gasteiger partial charge is 0.270 e. The fourth-order valence-electron chi connectivity index (χ4n) is 5.89. The lowest BCUT2D eigenvalue weighted by Gasteiger charge is -2.22.